The van der Waals surface area contributed by atoms with Gasteiger partial charge in [-0.05, 0) is 18.2 Å². The van der Waals surface area contributed by atoms with E-state index in [1.165, 1.54) is 18.2 Å². The van der Waals surface area contributed by atoms with Gasteiger partial charge >= 0.3 is 0 Å². The number of rotatable bonds is 3. The van der Waals surface area contributed by atoms with Crippen LogP contribution in [0.2, 0.25) is 5.02 Å². The maximum absolute atomic E-state index is 12.9. The summed E-state index contributed by atoms with van der Waals surface area (Å²) in [5, 5.41) is 0.0293. The Bertz CT molecular complexity index is 534. The van der Waals surface area contributed by atoms with Crippen LogP contribution in [0.3, 0.4) is 0 Å². The minimum atomic E-state index is -0.472. The molecule has 0 aliphatic rings. The Hall–Kier alpha value is -1.81. The fourth-order valence-electron chi connectivity index (χ4n) is 1.30. The lowest BCUT2D eigenvalue weighted by molar-refractivity contribution is 0.306. The highest BCUT2D eigenvalue weighted by molar-refractivity contribution is 6.30. The minimum absolute atomic E-state index is 0.0293. The van der Waals surface area contributed by atoms with Crippen molar-refractivity contribution in [1.29, 1.82) is 0 Å². The van der Waals surface area contributed by atoms with Crippen molar-refractivity contribution in [3.05, 3.63) is 52.9 Å². The number of hydrogen-bond acceptors (Lipinski definition) is 3. The second kappa shape index (κ2) is 5.01. The molecule has 2 rings (SSSR count). The monoisotopic (exact) mass is 252 g/mol. The fourth-order valence-corrected chi connectivity index (χ4v) is 1.47. The van der Waals surface area contributed by atoms with E-state index < -0.39 is 5.82 Å². The van der Waals surface area contributed by atoms with E-state index in [1.54, 1.807) is 12.3 Å². The molecule has 88 valence electrons. The van der Waals surface area contributed by atoms with Crippen molar-refractivity contribution in [3.63, 3.8) is 0 Å². The number of nitrogens with two attached hydrogens (primary N) is 1. The Kier molecular flexibility index (Phi) is 3.44. The largest absolute Gasteiger partial charge is 0.489 e. The molecule has 0 spiro atoms. The number of aromatic nitrogens is 1. The smallest absolute Gasteiger partial charge is 0.142 e. The molecule has 17 heavy (non-hydrogen) atoms. The van der Waals surface area contributed by atoms with Crippen LogP contribution < -0.4 is 10.5 Å². The molecular weight excluding hydrogens is 243 g/mol. The zero-order valence-corrected chi connectivity index (χ0v) is 9.62. The predicted octanol–water partition coefficient (Wildman–Crippen LogP) is 3.04. The van der Waals surface area contributed by atoms with Gasteiger partial charge in [-0.3, -0.25) is 0 Å². The van der Waals surface area contributed by atoms with E-state index >= 15 is 0 Å². The third-order valence-corrected chi connectivity index (χ3v) is 2.50. The third-order valence-electron chi connectivity index (χ3n) is 2.21. The van der Waals surface area contributed by atoms with Crippen LogP contribution in [0.25, 0.3) is 0 Å². The van der Waals surface area contributed by atoms with Crippen molar-refractivity contribution in [1.82, 2.24) is 4.98 Å². The van der Waals surface area contributed by atoms with Gasteiger partial charge < -0.3 is 10.5 Å². The standard InChI is InChI=1S/C12H10ClFN2O/c13-10-6-9(3-4-11(10)14)17-7-8-2-1-5-16-12(8)15/h1-6H,7H2,(H2,15,16). The summed E-state index contributed by atoms with van der Waals surface area (Å²) in [4.78, 5) is 3.93. The zero-order valence-electron chi connectivity index (χ0n) is 8.86. The van der Waals surface area contributed by atoms with Gasteiger partial charge in [0, 0.05) is 17.8 Å². The average molecular weight is 253 g/mol. The third kappa shape index (κ3) is 2.85. The van der Waals surface area contributed by atoms with Crippen molar-refractivity contribution in [2.45, 2.75) is 6.61 Å². The first-order valence-electron chi connectivity index (χ1n) is 4.94. The summed E-state index contributed by atoms with van der Waals surface area (Å²) in [6, 6.07) is 7.77. The Morgan fingerprint density at radius 2 is 2.18 bits per heavy atom. The molecule has 0 saturated heterocycles. The van der Waals surface area contributed by atoms with Gasteiger partial charge in [-0.1, -0.05) is 17.7 Å². The molecule has 0 atom stereocenters. The summed E-state index contributed by atoms with van der Waals surface area (Å²) in [5.41, 5.74) is 6.43. The topological polar surface area (TPSA) is 48.1 Å². The van der Waals surface area contributed by atoms with Crippen molar-refractivity contribution < 1.29 is 9.13 Å². The van der Waals surface area contributed by atoms with Crippen LogP contribution in [0.4, 0.5) is 10.2 Å². The molecule has 0 radical (unpaired) electrons. The van der Waals surface area contributed by atoms with Gasteiger partial charge in [0.25, 0.3) is 0 Å². The normalized spacial score (nSPS) is 10.2. The van der Waals surface area contributed by atoms with Crippen LogP contribution in [0.1, 0.15) is 5.56 Å². The lowest BCUT2D eigenvalue weighted by Gasteiger charge is -2.08. The molecular formula is C12H10ClFN2O. The van der Waals surface area contributed by atoms with E-state index in [9.17, 15) is 4.39 Å². The van der Waals surface area contributed by atoms with E-state index in [-0.39, 0.29) is 11.6 Å². The number of anilines is 1. The predicted molar refractivity (Wildman–Crippen MR) is 64.4 cm³/mol. The highest BCUT2D eigenvalue weighted by Gasteiger charge is 2.03. The van der Waals surface area contributed by atoms with Crippen molar-refractivity contribution in [3.8, 4) is 5.75 Å². The fraction of sp³-hybridized carbons (Fsp3) is 0.0833. The molecule has 1 aromatic heterocycles. The van der Waals surface area contributed by atoms with Crippen LogP contribution >= 0.6 is 11.6 Å². The average Bonchev–Trinajstić information content (AvgIpc) is 2.32. The second-order valence-corrected chi connectivity index (χ2v) is 3.82. The van der Waals surface area contributed by atoms with Crippen LogP contribution in [0.5, 0.6) is 5.75 Å². The molecule has 2 aromatic rings. The van der Waals surface area contributed by atoms with Gasteiger partial charge in [-0.15, -0.1) is 0 Å². The van der Waals surface area contributed by atoms with E-state index in [1.807, 2.05) is 6.07 Å². The first-order chi connectivity index (χ1) is 8.16. The molecule has 1 heterocycles. The Labute approximate surface area is 103 Å². The van der Waals surface area contributed by atoms with Gasteiger partial charge in [-0.25, -0.2) is 9.37 Å². The van der Waals surface area contributed by atoms with Crippen LogP contribution in [-0.4, -0.2) is 4.98 Å². The molecule has 1 aromatic carbocycles. The quantitative estimate of drug-likeness (QED) is 0.913. The first kappa shape index (κ1) is 11.7. The molecule has 3 nitrogen and oxygen atoms in total. The van der Waals surface area contributed by atoms with Crippen LogP contribution in [-0.2, 0) is 6.61 Å². The molecule has 0 bridgehead atoms. The maximum Gasteiger partial charge on any atom is 0.142 e. The van der Waals surface area contributed by atoms with E-state index in [2.05, 4.69) is 4.98 Å². The van der Waals surface area contributed by atoms with Gasteiger partial charge in [0.05, 0.1) is 5.02 Å². The Balaban J connectivity index is 2.08. The van der Waals surface area contributed by atoms with E-state index in [0.717, 1.165) is 5.56 Å². The summed E-state index contributed by atoms with van der Waals surface area (Å²) in [7, 11) is 0. The molecule has 0 amide bonds. The van der Waals surface area contributed by atoms with E-state index in [0.29, 0.717) is 11.6 Å². The van der Waals surface area contributed by atoms with Crippen LogP contribution in [0.15, 0.2) is 36.5 Å². The summed E-state index contributed by atoms with van der Waals surface area (Å²) in [6.07, 6.45) is 1.60. The molecule has 5 heteroatoms. The summed E-state index contributed by atoms with van der Waals surface area (Å²) in [5.74, 6) is 0.431. The number of halogens is 2. The van der Waals surface area contributed by atoms with Crippen molar-refractivity contribution in [2.24, 2.45) is 0 Å². The molecule has 2 N–H and O–H groups in total. The number of nitrogens with zero attached hydrogens (tertiary/aromatic N) is 1. The highest BCUT2D eigenvalue weighted by Crippen LogP contribution is 2.22. The Morgan fingerprint density at radius 3 is 2.88 bits per heavy atom. The lowest BCUT2D eigenvalue weighted by atomic mass is 10.3. The van der Waals surface area contributed by atoms with Crippen molar-refractivity contribution >= 4 is 17.4 Å². The molecule has 0 aliphatic heterocycles. The lowest BCUT2D eigenvalue weighted by Crippen LogP contribution is -2.01. The molecule has 0 unspecified atom stereocenters. The summed E-state index contributed by atoms with van der Waals surface area (Å²) in [6.45, 7) is 0.266. The molecule has 0 saturated carbocycles. The second-order valence-electron chi connectivity index (χ2n) is 3.41. The van der Waals surface area contributed by atoms with Gasteiger partial charge in [-0.2, -0.15) is 0 Å². The maximum atomic E-state index is 12.9. The first-order valence-corrected chi connectivity index (χ1v) is 5.32. The SMILES string of the molecule is Nc1ncccc1COc1ccc(F)c(Cl)c1. The number of benzene rings is 1. The summed E-state index contributed by atoms with van der Waals surface area (Å²) < 4.78 is 18.3. The number of pyridine rings is 1. The number of hydrogen-bond donors (Lipinski definition) is 1. The summed E-state index contributed by atoms with van der Waals surface area (Å²) >= 11 is 5.63. The van der Waals surface area contributed by atoms with Gasteiger partial charge in [0.2, 0.25) is 0 Å². The molecule has 0 fully saturated rings. The van der Waals surface area contributed by atoms with Gasteiger partial charge in [0.1, 0.15) is 24.0 Å². The van der Waals surface area contributed by atoms with Crippen LogP contribution in [0, 0.1) is 5.82 Å². The number of nitrogen functional groups attached to an aromatic ring is 1. The molecule has 0 aliphatic carbocycles. The zero-order chi connectivity index (χ0) is 12.3. The van der Waals surface area contributed by atoms with Gasteiger partial charge in [0.15, 0.2) is 0 Å². The highest BCUT2D eigenvalue weighted by atomic mass is 35.5. The minimum Gasteiger partial charge on any atom is -0.489 e. The number of ether oxygens (including phenoxy) is 1. The van der Waals surface area contributed by atoms with Crippen molar-refractivity contribution in [2.75, 3.05) is 5.73 Å². The Morgan fingerprint density at radius 1 is 1.35 bits per heavy atom. The van der Waals surface area contributed by atoms with E-state index in [4.69, 9.17) is 22.1 Å².